The van der Waals surface area contributed by atoms with Crippen LogP contribution in [0.25, 0.3) is 21.6 Å². The van der Waals surface area contributed by atoms with E-state index in [4.69, 9.17) is 4.74 Å². The van der Waals surface area contributed by atoms with Gasteiger partial charge >= 0.3 is 0 Å². The number of fused-ring (bicyclic) bond motifs is 1. The number of aromatic amines is 1. The van der Waals surface area contributed by atoms with Crippen LogP contribution < -0.4 is 4.31 Å². The average Bonchev–Trinajstić information content (AvgIpc) is 3.70. The maximum atomic E-state index is 13.7. The maximum Gasteiger partial charge on any atom is 0.273 e. The van der Waals surface area contributed by atoms with Crippen molar-refractivity contribution in [2.75, 3.05) is 31.1 Å². The van der Waals surface area contributed by atoms with Gasteiger partial charge in [-0.1, -0.05) is 31.2 Å². The summed E-state index contributed by atoms with van der Waals surface area (Å²) in [7, 11) is -1.67. The molecule has 0 saturated heterocycles. The molecule has 0 aliphatic carbocycles. The summed E-state index contributed by atoms with van der Waals surface area (Å²) in [5.41, 5.74) is 3.38. The second kappa shape index (κ2) is 12.4. The summed E-state index contributed by atoms with van der Waals surface area (Å²) < 4.78 is 34.8. The predicted molar refractivity (Wildman–Crippen MR) is 159 cm³/mol. The average molecular weight is 582 g/mol. The molecule has 39 heavy (non-hydrogen) atoms. The van der Waals surface area contributed by atoms with Gasteiger partial charge in [-0.15, -0.1) is 22.7 Å². The molecule has 5 aromatic rings. The largest absolute Gasteiger partial charge is 0.380 e. The number of hydrogen-bond donors (Lipinski definition) is 1. The second-order valence-corrected chi connectivity index (χ2v) is 13.4. The van der Waals surface area contributed by atoms with Crippen LogP contribution in [0.5, 0.6) is 0 Å². The fraction of sp³-hybridized carbons (Fsp3) is 0.286. The summed E-state index contributed by atoms with van der Waals surface area (Å²) in [6.45, 7) is 4.72. The van der Waals surface area contributed by atoms with E-state index in [1.807, 2.05) is 49.6 Å². The van der Waals surface area contributed by atoms with E-state index >= 15 is 0 Å². The Kier molecular flexibility index (Phi) is 8.73. The monoisotopic (exact) mass is 581 g/mol. The van der Waals surface area contributed by atoms with Gasteiger partial charge in [-0.2, -0.15) is 0 Å². The normalized spacial score (nSPS) is 12.0. The Morgan fingerprint density at radius 1 is 1.05 bits per heavy atom. The molecule has 4 heterocycles. The zero-order valence-electron chi connectivity index (χ0n) is 21.9. The molecule has 8 nitrogen and oxygen atoms in total. The summed E-state index contributed by atoms with van der Waals surface area (Å²) in [5.74, 6) is 0. The van der Waals surface area contributed by atoms with Crippen LogP contribution in [0.1, 0.15) is 23.8 Å². The smallest absolute Gasteiger partial charge is 0.273 e. The number of sulfonamides is 1. The number of thiophene rings is 1. The lowest BCUT2D eigenvalue weighted by atomic mass is 10.2. The fourth-order valence-electron chi connectivity index (χ4n) is 4.38. The third-order valence-electron chi connectivity index (χ3n) is 6.11. The first-order valence-electron chi connectivity index (χ1n) is 12.7. The molecule has 204 valence electrons. The number of thiazole rings is 1. The van der Waals surface area contributed by atoms with Crippen LogP contribution in [0.2, 0.25) is 0 Å². The molecule has 0 saturated carbocycles. The number of hydrogen-bond acceptors (Lipinski definition) is 8. The van der Waals surface area contributed by atoms with Gasteiger partial charge < -0.3 is 9.72 Å². The molecule has 0 spiro atoms. The highest BCUT2D eigenvalue weighted by atomic mass is 32.2. The van der Waals surface area contributed by atoms with Gasteiger partial charge in [0.15, 0.2) is 0 Å². The summed E-state index contributed by atoms with van der Waals surface area (Å²) in [4.78, 5) is 15.7. The maximum absolute atomic E-state index is 13.7. The highest BCUT2D eigenvalue weighted by molar-refractivity contribution is 7.94. The van der Waals surface area contributed by atoms with Crippen LogP contribution in [0, 0.1) is 0 Å². The van der Waals surface area contributed by atoms with Crippen LogP contribution in [0.15, 0.2) is 76.7 Å². The van der Waals surface area contributed by atoms with E-state index < -0.39 is 10.0 Å². The van der Waals surface area contributed by atoms with E-state index in [-0.39, 0.29) is 6.54 Å². The topological polar surface area (TPSA) is 91.4 Å². The first-order valence-corrected chi connectivity index (χ1v) is 15.9. The minimum atomic E-state index is -3.75. The molecule has 4 aromatic heterocycles. The number of rotatable bonds is 13. The minimum absolute atomic E-state index is 0.221. The van der Waals surface area contributed by atoms with Crippen molar-refractivity contribution in [3.05, 3.63) is 82.9 Å². The molecule has 0 aliphatic heterocycles. The van der Waals surface area contributed by atoms with Crippen molar-refractivity contribution in [3.8, 4) is 10.7 Å². The van der Waals surface area contributed by atoms with E-state index in [9.17, 15) is 8.42 Å². The number of nitrogens with zero attached hydrogens (tertiary/aromatic N) is 4. The molecule has 0 unspecified atom stereocenters. The lowest BCUT2D eigenvalue weighted by molar-refractivity contribution is 0.143. The summed E-state index contributed by atoms with van der Waals surface area (Å²) in [6, 6.07) is 15.2. The van der Waals surface area contributed by atoms with E-state index in [0.717, 1.165) is 51.6 Å². The van der Waals surface area contributed by atoms with Gasteiger partial charge in [-0.3, -0.25) is 14.2 Å². The standard InChI is InChI=1S/C28H31N5O3S3/c1-3-13-36-14-12-33(39(34,35)26-10-6-15-37-26)25-9-4-8-22-16-24(31-27(22)25)28-30-18-23(38-28)20-32(2)19-21-7-5-11-29-17-21/h4-11,15-18,31H,3,12-14,19-20H2,1-2H3. The van der Waals surface area contributed by atoms with E-state index in [1.165, 1.54) is 15.6 Å². The Hall–Kier alpha value is -3.09. The number of aromatic nitrogens is 3. The fourth-order valence-corrected chi connectivity index (χ4v) is 7.91. The molecule has 0 fully saturated rings. The van der Waals surface area contributed by atoms with Gasteiger partial charge in [-0.25, -0.2) is 13.4 Å². The Morgan fingerprint density at radius 2 is 1.95 bits per heavy atom. The van der Waals surface area contributed by atoms with Gasteiger partial charge in [0.25, 0.3) is 10.0 Å². The predicted octanol–water partition coefficient (Wildman–Crippen LogP) is 6.00. The summed E-state index contributed by atoms with van der Waals surface area (Å²) in [5, 5.41) is 3.56. The van der Waals surface area contributed by atoms with E-state index in [2.05, 4.69) is 33.0 Å². The third-order valence-corrected chi connectivity index (χ3v) is 10.3. The Bertz CT molecular complexity index is 1600. The highest BCUT2D eigenvalue weighted by Gasteiger charge is 2.28. The van der Waals surface area contributed by atoms with Crippen molar-refractivity contribution in [2.45, 2.75) is 30.6 Å². The molecule has 0 amide bonds. The number of nitrogens with one attached hydrogen (secondary N) is 1. The van der Waals surface area contributed by atoms with Crippen molar-refractivity contribution >= 4 is 49.3 Å². The number of benzene rings is 1. The molecule has 0 bridgehead atoms. The lowest BCUT2D eigenvalue weighted by Crippen LogP contribution is -2.34. The molecule has 1 aromatic carbocycles. The van der Waals surface area contributed by atoms with Gasteiger partial charge in [0.05, 0.1) is 30.0 Å². The lowest BCUT2D eigenvalue weighted by Gasteiger charge is -2.24. The molecule has 5 rings (SSSR count). The van der Waals surface area contributed by atoms with E-state index in [1.54, 1.807) is 35.0 Å². The van der Waals surface area contributed by atoms with Gasteiger partial charge in [0, 0.05) is 48.6 Å². The van der Waals surface area contributed by atoms with Crippen LogP contribution >= 0.6 is 22.7 Å². The number of ether oxygens (including phenoxy) is 1. The SMILES string of the molecule is CCCOCCN(c1cccc2cc(-c3ncc(CN(C)Cc4cccnc4)s3)[nH]c12)S(=O)(=O)c1cccs1. The zero-order chi connectivity index (χ0) is 27.2. The number of anilines is 1. The molecule has 0 atom stereocenters. The zero-order valence-corrected chi connectivity index (χ0v) is 24.4. The van der Waals surface area contributed by atoms with E-state index in [0.29, 0.717) is 23.1 Å². The molecule has 0 aliphatic rings. The van der Waals surface area contributed by atoms with Gasteiger partial charge in [0.2, 0.25) is 0 Å². The van der Waals surface area contributed by atoms with Crippen molar-refractivity contribution in [1.29, 1.82) is 0 Å². The van der Waals surface area contributed by atoms with Crippen LogP contribution in [0.3, 0.4) is 0 Å². The van der Waals surface area contributed by atoms with Crippen molar-refractivity contribution in [1.82, 2.24) is 19.9 Å². The third kappa shape index (κ3) is 6.39. The summed E-state index contributed by atoms with van der Waals surface area (Å²) >= 11 is 2.84. The van der Waals surface area contributed by atoms with Crippen molar-refractivity contribution in [3.63, 3.8) is 0 Å². The molecular weight excluding hydrogens is 551 g/mol. The van der Waals surface area contributed by atoms with Crippen LogP contribution in [-0.2, 0) is 27.8 Å². The first kappa shape index (κ1) is 27.5. The molecule has 11 heteroatoms. The van der Waals surface area contributed by atoms with Crippen molar-refractivity contribution in [2.24, 2.45) is 0 Å². The summed E-state index contributed by atoms with van der Waals surface area (Å²) in [6.07, 6.45) is 6.45. The minimum Gasteiger partial charge on any atom is -0.380 e. The molecule has 0 radical (unpaired) electrons. The second-order valence-electron chi connectivity index (χ2n) is 9.21. The number of H-pyrrole nitrogens is 1. The molecule has 1 N–H and O–H groups in total. The van der Waals surface area contributed by atoms with Crippen molar-refractivity contribution < 1.29 is 13.2 Å². The van der Waals surface area contributed by atoms with Crippen LogP contribution in [-0.4, -0.2) is 55.1 Å². The Morgan fingerprint density at radius 3 is 2.72 bits per heavy atom. The Labute approximate surface area is 237 Å². The molecular formula is C28H31N5O3S3. The quantitative estimate of drug-likeness (QED) is 0.172. The Balaban J connectivity index is 1.41. The van der Waals surface area contributed by atoms with Gasteiger partial charge in [-0.05, 0) is 48.7 Å². The number of pyridine rings is 1. The number of para-hydroxylation sites is 1. The van der Waals surface area contributed by atoms with Crippen LogP contribution in [0.4, 0.5) is 5.69 Å². The van der Waals surface area contributed by atoms with Gasteiger partial charge in [0.1, 0.15) is 9.22 Å². The first-order chi connectivity index (χ1) is 19.0. The highest BCUT2D eigenvalue weighted by Crippen LogP contribution is 2.35.